The average molecular weight is 284 g/mol. The fourth-order valence-corrected chi connectivity index (χ4v) is 2.42. The van der Waals surface area contributed by atoms with Gasteiger partial charge in [-0.2, -0.15) is 8.42 Å². The van der Waals surface area contributed by atoms with E-state index in [-0.39, 0.29) is 11.9 Å². The van der Waals surface area contributed by atoms with Crippen LogP contribution in [0.15, 0.2) is 24.3 Å². The maximum absolute atomic E-state index is 11.9. The van der Waals surface area contributed by atoms with Gasteiger partial charge < -0.3 is 10.6 Å². The molecule has 1 aromatic rings. The molecule has 0 saturated carbocycles. The Kier molecular flexibility index (Phi) is 4.03. The zero-order chi connectivity index (χ0) is 13.9. The summed E-state index contributed by atoms with van der Waals surface area (Å²) in [6.45, 7) is 0.838. The summed E-state index contributed by atoms with van der Waals surface area (Å²) in [5, 5.41) is 10.7. The van der Waals surface area contributed by atoms with Gasteiger partial charge in [0, 0.05) is 5.69 Å². The molecule has 1 fully saturated rings. The Morgan fingerprint density at radius 2 is 2.11 bits per heavy atom. The number of benzene rings is 1. The van der Waals surface area contributed by atoms with Gasteiger partial charge in [-0.15, -0.1) is 0 Å². The lowest BCUT2D eigenvalue weighted by Gasteiger charge is -2.12. The third-order valence-corrected chi connectivity index (χ3v) is 3.29. The van der Waals surface area contributed by atoms with Gasteiger partial charge >= 0.3 is 0 Å². The van der Waals surface area contributed by atoms with Crippen LogP contribution in [-0.2, 0) is 15.0 Å². The highest BCUT2D eigenvalue weighted by Gasteiger charge is 2.21. The molecule has 2 rings (SSSR count). The summed E-state index contributed by atoms with van der Waals surface area (Å²) in [5.41, 5.74) is 0.826. The summed E-state index contributed by atoms with van der Waals surface area (Å²) in [7, 11) is -3.81. The monoisotopic (exact) mass is 284 g/mol. The van der Waals surface area contributed by atoms with E-state index in [1.165, 1.54) is 6.07 Å². The predicted octanol–water partition coefficient (Wildman–Crippen LogP) is -0.00750. The van der Waals surface area contributed by atoms with Crippen LogP contribution in [-0.4, -0.2) is 26.9 Å². The van der Waals surface area contributed by atoms with Gasteiger partial charge in [-0.25, -0.2) is 5.14 Å². The SMILES string of the molecule is NS(=O)(=O)Nc1cccc(NC(=O)C2CCCN2)c1. The molecule has 1 saturated heterocycles. The van der Waals surface area contributed by atoms with Gasteiger partial charge in [0.15, 0.2) is 0 Å². The summed E-state index contributed by atoms with van der Waals surface area (Å²) in [5.74, 6) is -0.120. The average Bonchev–Trinajstić information content (AvgIpc) is 2.80. The number of hydrogen-bond donors (Lipinski definition) is 4. The number of carbonyl (C=O) groups is 1. The van der Waals surface area contributed by atoms with Crippen molar-refractivity contribution in [3.8, 4) is 0 Å². The van der Waals surface area contributed by atoms with Gasteiger partial charge in [-0.1, -0.05) is 6.07 Å². The number of hydrogen-bond acceptors (Lipinski definition) is 4. The van der Waals surface area contributed by atoms with E-state index in [1.54, 1.807) is 18.2 Å². The molecule has 0 bridgehead atoms. The summed E-state index contributed by atoms with van der Waals surface area (Å²) < 4.78 is 24.0. The minimum absolute atomic E-state index is 0.120. The minimum atomic E-state index is -3.81. The quantitative estimate of drug-likeness (QED) is 0.623. The molecule has 1 atom stereocenters. The summed E-state index contributed by atoms with van der Waals surface area (Å²) in [6.07, 6.45) is 1.78. The highest BCUT2D eigenvalue weighted by Crippen LogP contribution is 2.16. The Balaban J connectivity index is 2.04. The number of amides is 1. The van der Waals surface area contributed by atoms with E-state index in [4.69, 9.17) is 5.14 Å². The first-order chi connectivity index (χ1) is 8.94. The summed E-state index contributed by atoms with van der Waals surface area (Å²) in [6, 6.07) is 6.19. The van der Waals surface area contributed by atoms with E-state index in [2.05, 4.69) is 15.4 Å². The van der Waals surface area contributed by atoms with Crippen LogP contribution in [0.5, 0.6) is 0 Å². The smallest absolute Gasteiger partial charge is 0.296 e. The van der Waals surface area contributed by atoms with E-state index < -0.39 is 10.2 Å². The van der Waals surface area contributed by atoms with Crippen LogP contribution in [0, 0.1) is 0 Å². The Bertz CT molecular complexity index is 567. The van der Waals surface area contributed by atoms with Crippen molar-refractivity contribution in [1.29, 1.82) is 0 Å². The fourth-order valence-electron chi connectivity index (χ4n) is 1.96. The maximum atomic E-state index is 11.9. The van der Waals surface area contributed by atoms with Crippen LogP contribution in [0.2, 0.25) is 0 Å². The third kappa shape index (κ3) is 4.19. The Morgan fingerprint density at radius 1 is 1.37 bits per heavy atom. The second kappa shape index (κ2) is 5.55. The molecule has 8 heteroatoms. The molecular weight excluding hydrogens is 268 g/mol. The zero-order valence-corrected chi connectivity index (χ0v) is 11.0. The maximum Gasteiger partial charge on any atom is 0.296 e. The molecule has 1 unspecified atom stereocenters. The van der Waals surface area contributed by atoms with Crippen molar-refractivity contribution in [2.45, 2.75) is 18.9 Å². The lowest BCUT2D eigenvalue weighted by molar-refractivity contribution is -0.117. The van der Waals surface area contributed by atoms with Crippen LogP contribution in [0.4, 0.5) is 11.4 Å². The fraction of sp³-hybridized carbons (Fsp3) is 0.364. The first-order valence-electron chi connectivity index (χ1n) is 5.89. The molecule has 0 aromatic heterocycles. The van der Waals surface area contributed by atoms with Crippen molar-refractivity contribution < 1.29 is 13.2 Å². The first-order valence-corrected chi connectivity index (χ1v) is 7.43. The van der Waals surface area contributed by atoms with Gasteiger partial charge in [0.05, 0.1) is 11.7 Å². The predicted molar refractivity (Wildman–Crippen MR) is 72.8 cm³/mol. The summed E-state index contributed by atoms with van der Waals surface area (Å²) >= 11 is 0. The topological polar surface area (TPSA) is 113 Å². The van der Waals surface area contributed by atoms with Crippen LogP contribution in [0.1, 0.15) is 12.8 Å². The highest BCUT2D eigenvalue weighted by atomic mass is 32.2. The van der Waals surface area contributed by atoms with Crippen LogP contribution >= 0.6 is 0 Å². The highest BCUT2D eigenvalue weighted by molar-refractivity contribution is 7.90. The molecule has 5 N–H and O–H groups in total. The van der Waals surface area contributed by atoms with E-state index in [0.717, 1.165) is 19.4 Å². The standard InChI is InChI=1S/C11H16N4O3S/c12-19(17,18)15-9-4-1-3-8(7-9)14-11(16)10-5-2-6-13-10/h1,3-4,7,10,13,15H,2,5-6H2,(H,14,16)(H2,12,17,18). The molecule has 0 spiro atoms. The molecule has 0 aliphatic carbocycles. The van der Waals surface area contributed by atoms with E-state index in [9.17, 15) is 13.2 Å². The number of nitrogens with two attached hydrogens (primary N) is 1. The van der Waals surface area contributed by atoms with Crippen molar-refractivity contribution in [2.24, 2.45) is 5.14 Å². The van der Waals surface area contributed by atoms with Crippen LogP contribution < -0.4 is 20.5 Å². The zero-order valence-electron chi connectivity index (χ0n) is 10.2. The lowest BCUT2D eigenvalue weighted by atomic mass is 10.2. The molecule has 1 aliphatic rings. The largest absolute Gasteiger partial charge is 0.325 e. The lowest BCUT2D eigenvalue weighted by Crippen LogP contribution is -2.35. The normalized spacial score (nSPS) is 19.1. The molecule has 1 heterocycles. The molecule has 1 amide bonds. The first kappa shape index (κ1) is 13.8. The van der Waals surface area contributed by atoms with Crippen molar-refractivity contribution in [3.05, 3.63) is 24.3 Å². The minimum Gasteiger partial charge on any atom is -0.325 e. The van der Waals surface area contributed by atoms with Gasteiger partial charge in [0.2, 0.25) is 5.91 Å². The molecule has 104 valence electrons. The molecule has 1 aliphatic heterocycles. The van der Waals surface area contributed by atoms with Crippen LogP contribution in [0.3, 0.4) is 0 Å². The Hall–Kier alpha value is -1.64. The summed E-state index contributed by atoms with van der Waals surface area (Å²) in [4.78, 5) is 11.9. The number of anilines is 2. The van der Waals surface area contributed by atoms with Crippen molar-refractivity contribution >= 4 is 27.5 Å². The van der Waals surface area contributed by atoms with Crippen molar-refractivity contribution in [3.63, 3.8) is 0 Å². The van der Waals surface area contributed by atoms with Gasteiger partial charge in [-0.3, -0.25) is 9.52 Å². The molecule has 1 aromatic carbocycles. The Morgan fingerprint density at radius 3 is 2.74 bits per heavy atom. The van der Waals surface area contributed by atoms with Crippen molar-refractivity contribution in [2.75, 3.05) is 16.6 Å². The third-order valence-electron chi connectivity index (χ3n) is 2.77. The molecule has 7 nitrogen and oxygen atoms in total. The van der Waals surface area contributed by atoms with Crippen molar-refractivity contribution in [1.82, 2.24) is 5.32 Å². The molecule has 0 radical (unpaired) electrons. The van der Waals surface area contributed by atoms with E-state index in [0.29, 0.717) is 11.4 Å². The number of nitrogens with one attached hydrogen (secondary N) is 3. The number of carbonyl (C=O) groups excluding carboxylic acids is 1. The van der Waals surface area contributed by atoms with Gasteiger partial charge in [0.1, 0.15) is 0 Å². The second-order valence-electron chi connectivity index (χ2n) is 4.37. The van der Waals surface area contributed by atoms with E-state index in [1.807, 2.05) is 0 Å². The van der Waals surface area contributed by atoms with Gasteiger partial charge in [0.25, 0.3) is 10.2 Å². The van der Waals surface area contributed by atoms with Gasteiger partial charge in [-0.05, 0) is 37.6 Å². The van der Waals surface area contributed by atoms with E-state index >= 15 is 0 Å². The molecular formula is C11H16N4O3S. The second-order valence-corrected chi connectivity index (χ2v) is 5.66. The van der Waals surface area contributed by atoms with Crippen LogP contribution in [0.25, 0.3) is 0 Å². The molecule has 19 heavy (non-hydrogen) atoms. The number of rotatable bonds is 4. The Labute approximate surface area is 111 Å².